The minimum atomic E-state index is 0.0435. The fourth-order valence-corrected chi connectivity index (χ4v) is 2.44. The van der Waals surface area contributed by atoms with Crippen molar-refractivity contribution >= 4 is 16.7 Å². The summed E-state index contributed by atoms with van der Waals surface area (Å²) in [5.74, 6) is 0.936. The van der Waals surface area contributed by atoms with Crippen LogP contribution >= 0.6 is 11.5 Å². The number of nitrogens with zero attached hydrogens (tertiary/aromatic N) is 2. The van der Waals surface area contributed by atoms with Gasteiger partial charge in [0.15, 0.2) is 0 Å². The highest BCUT2D eigenvalue weighted by Crippen LogP contribution is 2.23. The summed E-state index contributed by atoms with van der Waals surface area (Å²) in [5.41, 5.74) is 0.0435. The normalized spacial score (nSPS) is 13.7. The lowest BCUT2D eigenvalue weighted by molar-refractivity contribution is 0.554. The molecule has 0 aliphatic carbocycles. The van der Waals surface area contributed by atoms with Crippen molar-refractivity contribution in [1.29, 1.82) is 0 Å². The minimum Gasteiger partial charge on any atom is -0.358 e. The van der Waals surface area contributed by atoms with Gasteiger partial charge in [-0.3, -0.25) is 0 Å². The van der Waals surface area contributed by atoms with E-state index >= 15 is 0 Å². The Balaban J connectivity index is 2.43. The van der Waals surface area contributed by atoms with Crippen LogP contribution in [-0.4, -0.2) is 15.4 Å². The van der Waals surface area contributed by atoms with E-state index in [1.165, 1.54) is 37.2 Å². The molecule has 0 radical (unpaired) electrons. The van der Waals surface area contributed by atoms with Crippen molar-refractivity contribution in [3.05, 3.63) is 5.82 Å². The van der Waals surface area contributed by atoms with Crippen LogP contribution in [0.15, 0.2) is 0 Å². The lowest BCUT2D eigenvalue weighted by Crippen LogP contribution is -2.16. The van der Waals surface area contributed by atoms with Gasteiger partial charge < -0.3 is 5.32 Å². The first-order valence-electron chi connectivity index (χ1n) is 6.54. The van der Waals surface area contributed by atoms with E-state index < -0.39 is 0 Å². The smallest absolute Gasteiger partial charge is 0.202 e. The zero-order chi connectivity index (χ0) is 12.9. The van der Waals surface area contributed by atoms with Crippen LogP contribution in [0.1, 0.15) is 66.1 Å². The molecule has 0 saturated carbocycles. The molecule has 1 rings (SSSR count). The van der Waals surface area contributed by atoms with Gasteiger partial charge in [-0.15, -0.1) is 0 Å². The van der Waals surface area contributed by atoms with E-state index in [4.69, 9.17) is 0 Å². The highest BCUT2D eigenvalue weighted by atomic mass is 32.1. The Hall–Kier alpha value is -0.640. The van der Waals surface area contributed by atoms with Gasteiger partial charge in [-0.25, -0.2) is 4.98 Å². The van der Waals surface area contributed by atoms with Crippen LogP contribution in [0.2, 0.25) is 0 Å². The number of unbranched alkanes of at least 4 members (excludes halogenated alkanes) is 2. The molecule has 0 aliphatic rings. The Bertz CT molecular complexity index is 328. The second-order valence-electron chi connectivity index (χ2n) is 5.71. The molecule has 0 spiro atoms. The van der Waals surface area contributed by atoms with Gasteiger partial charge in [-0.05, 0) is 13.3 Å². The number of rotatable bonds is 6. The first-order valence-corrected chi connectivity index (χ1v) is 7.31. The first kappa shape index (κ1) is 14.4. The van der Waals surface area contributed by atoms with Crippen LogP contribution in [-0.2, 0) is 5.41 Å². The van der Waals surface area contributed by atoms with Crippen molar-refractivity contribution in [1.82, 2.24) is 9.36 Å². The van der Waals surface area contributed by atoms with E-state index in [-0.39, 0.29) is 5.41 Å². The maximum Gasteiger partial charge on any atom is 0.202 e. The Kier molecular flexibility index (Phi) is 5.37. The third-order valence-corrected chi connectivity index (χ3v) is 3.35. The third kappa shape index (κ3) is 5.02. The van der Waals surface area contributed by atoms with Crippen LogP contribution in [0.3, 0.4) is 0 Å². The van der Waals surface area contributed by atoms with E-state index in [2.05, 4.69) is 49.3 Å². The van der Waals surface area contributed by atoms with Gasteiger partial charge in [0.05, 0.1) is 0 Å². The summed E-state index contributed by atoms with van der Waals surface area (Å²) in [6.45, 7) is 10.9. The molecule has 1 unspecified atom stereocenters. The fourth-order valence-electron chi connectivity index (χ4n) is 1.57. The molecule has 1 aromatic rings. The molecule has 4 heteroatoms. The van der Waals surface area contributed by atoms with Gasteiger partial charge in [0.25, 0.3) is 0 Å². The second-order valence-corrected chi connectivity index (χ2v) is 6.47. The topological polar surface area (TPSA) is 37.8 Å². The summed E-state index contributed by atoms with van der Waals surface area (Å²) in [6, 6.07) is 0.488. The Morgan fingerprint density at radius 3 is 2.53 bits per heavy atom. The van der Waals surface area contributed by atoms with Crippen LogP contribution in [0.5, 0.6) is 0 Å². The fraction of sp³-hybridized carbons (Fsp3) is 0.846. The van der Waals surface area contributed by atoms with Crippen molar-refractivity contribution < 1.29 is 0 Å². The van der Waals surface area contributed by atoms with Crippen molar-refractivity contribution in [3.63, 3.8) is 0 Å². The molecule has 17 heavy (non-hydrogen) atoms. The molecule has 0 fully saturated rings. The Morgan fingerprint density at radius 1 is 1.29 bits per heavy atom. The molecular formula is C13H25N3S. The highest BCUT2D eigenvalue weighted by molar-refractivity contribution is 7.09. The van der Waals surface area contributed by atoms with Crippen LogP contribution < -0.4 is 5.32 Å². The molecule has 1 aromatic heterocycles. The molecule has 3 nitrogen and oxygen atoms in total. The van der Waals surface area contributed by atoms with Gasteiger partial charge in [-0.1, -0.05) is 47.0 Å². The van der Waals surface area contributed by atoms with E-state index in [0.717, 1.165) is 11.0 Å². The van der Waals surface area contributed by atoms with Gasteiger partial charge in [0.2, 0.25) is 5.13 Å². The predicted octanol–water partition coefficient (Wildman–Crippen LogP) is 4.22. The zero-order valence-corrected chi connectivity index (χ0v) is 12.5. The molecule has 0 saturated heterocycles. The maximum atomic E-state index is 4.55. The average Bonchev–Trinajstić information content (AvgIpc) is 2.66. The van der Waals surface area contributed by atoms with Gasteiger partial charge >= 0.3 is 0 Å². The number of hydrogen-bond donors (Lipinski definition) is 1. The van der Waals surface area contributed by atoms with Crippen molar-refractivity contribution in [2.24, 2.45) is 0 Å². The Morgan fingerprint density at radius 2 is 2.00 bits per heavy atom. The lowest BCUT2D eigenvalue weighted by Gasteiger charge is -2.13. The molecule has 0 bridgehead atoms. The molecule has 98 valence electrons. The van der Waals surface area contributed by atoms with E-state index in [0.29, 0.717) is 6.04 Å². The zero-order valence-electron chi connectivity index (χ0n) is 11.7. The highest BCUT2D eigenvalue weighted by Gasteiger charge is 2.19. The summed E-state index contributed by atoms with van der Waals surface area (Å²) in [7, 11) is 0. The number of hydrogen-bond acceptors (Lipinski definition) is 4. The second kappa shape index (κ2) is 6.34. The molecule has 0 aromatic carbocycles. The number of anilines is 1. The molecule has 1 N–H and O–H groups in total. The molecule has 1 atom stereocenters. The SMILES string of the molecule is CCCCCC(C)Nc1nc(C(C)(C)C)ns1. The Labute approximate surface area is 109 Å². The maximum absolute atomic E-state index is 4.55. The molecule has 1 heterocycles. The quantitative estimate of drug-likeness (QED) is 0.773. The van der Waals surface area contributed by atoms with Gasteiger partial charge in [0, 0.05) is 23.0 Å². The van der Waals surface area contributed by atoms with Crippen LogP contribution in [0, 0.1) is 0 Å². The summed E-state index contributed by atoms with van der Waals surface area (Å²) >= 11 is 1.47. The number of aromatic nitrogens is 2. The third-order valence-electron chi connectivity index (χ3n) is 2.71. The average molecular weight is 255 g/mol. The molecular weight excluding hydrogens is 230 g/mol. The minimum absolute atomic E-state index is 0.0435. The van der Waals surface area contributed by atoms with Crippen molar-refractivity contribution in [3.8, 4) is 0 Å². The summed E-state index contributed by atoms with van der Waals surface area (Å²) in [6.07, 6.45) is 5.09. The van der Waals surface area contributed by atoms with Crippen LogP contribution in [0.25, 0.3) is 0 Å². The van der Waals surface area contributed by atoms with Gasteiger partial charge in [0.1, 0.15) is 5.82 Å². The first-order chi connectivity index (χ1) is 7.93. The lowest BCUT2D eigenvalue weighted by atomic mass is 9.96. The standard InChI is InChI=1S/C13H25N3S/c1-6-7-8-9-10(2)14-12-15-11(16-17-12)13(3,4)5/h10H,6-9H2,1-5H3,(H,14,15,16). The van der Waals surface area contributed by atoms with E-state index in [1.807, 2.05) is 0 Å². The molecule has 0 aliphatic heterocycles. The molecule has 0 amide bonds. The van der Waals surface area contributed by atoms with Crippen molar-refractivity contribution in [2.75, 3.05) is 5.32 Å². The van der Waals surface area contributed by atoms with Crippen molar-refractivity contribution in [2.45, 2.75) is 71.8 Å². The largest absolute Gasteiger partial charge is 0.358 e. The predicted molar refractivity (Wildman–Crippen MR) is 75.8 cm³/mol. The summed E-state index contributed by atoms with van der Waals surface area (Å²) < 4.78 is 4.41. The van der Waals surface area contributed by atoms with Crippen LogP contribution in [0.4, 0.5) is 5.13 Å². The number of nitrogens with one attached hydrogen (secondary N) is 1. The summed E-state index contributed by atoms with van der Waals surface area (Å²) in [5, 5.41) is 4.40. The van der Waals surface area contributed by atoms with E-state index in [1.54, 1.807) is 0 Å². The van der Waals surface area contributed by atoms with Gasteiger partial charge in [-0.2, -0.15) is 4.37 Å². The monoisotopic (exact) mass is 255 g/mol. The summed E-state index contributed by atoms with van der Waals surface area (Å²) in [4.78, 5) is 4.55. The van der Waals surface area contributed by atoms with E-state index in [9.17, 15) is 0 Å².